The lowest BCUT2D eigenvalue weighted by molar-refractivity contribution is -0.136. The number of rotatable bonds is 5. The van der Waals surface area contributed by atoms with Gasteiger partial charge in [0.25, 0.3) is 0 Å². The van der Waals surface area contributed by atoms with Crippen LogP contribution in [0.2, 0.25) is 0 Å². The summed E-state index contributed by atoms with van der Waals surface area (Å²) in [6, 6.07) is 7.27. The highest BCUT2D eigenvalue weighted by Crippen LogP contribution is 2.17. The summed E-state index contributed by atoms with van der Waals surface area (Å²) >= 11 is 0. The number of anilines is 1. The monoisotopic (exact) mass is 360 g/mol. The fourth-order valence-corrected chi connectivity index (χ4v) is 2.31. The molecule has 0 saturated carbocycles. The first kappa shape index (κ1) is 17.3. The van der Waals surface area contributed by atoms with Crippen molar-refractivity contribution in [3.05, 3.63) is 72.4 Å². The fourth-order valence-electron chi connectivity index (χ4n) is 2.31. The Morgan fingerprint density at radius 3 is 2.69 bits per heavy atom. The van der Waals surface area contributed by atoms with Crippen LogP contribution >= 0.6 is 0 Å². The minimum absolute atomic E-state index is 0.0212. The number of carbonyl (C=O) groups excluding carboxylic acids is 2. The van der Waals surface area contributed by atoms with Gasteiger partial charge >= 0.3 is 11.8 Å². The van der Waals surface area contributed by atoms with Crippen LogP contribution in [0.25, 0.3) is 0 Å². The zero-order valence-corrected chi connectivity index (χ0v) is 13.4. The third kappa shape index (κ3) is 3.94. The molecule has 1 unspecified atom stereocenters. The summed E-state index contributed by atoms with van der Waals surface area (Å²) < 4.78 is 33.3. The van der Waals surface area contributed by atoms with Crippen molar-refractivity contribution in [1.82, 2.24) is 15.1 Å². The van der Waals surface area contributed by atoms with E-state index in [1.54, 1.807) is 35.3 Å². The van der Waals surface area contributed by atoms with Gasteiger partial charge in [0.2, 0.25) is 0 Å². The molecule has 0 radical (unpaired) electrons. The van der Waals surface area contributed by atoms with Crippen molar-refractivity contribution in [2.45, 2.75) is 6.04 Å². The summed E-state index contributed by atoms with van der Waals surface area (Å²) in [7, 11) is 0. The molecule has 26 heavy (non-hydrogen) atoms. The van der Waals surface area contributed by atoms with Crippen molar-refractivity contribution in [3.8, 4) is 0 Å². The Morgan fingerprint density at radius 1 is 1.19 bits per heavy atom. The number of furan rings is 1. The first-order chi connectivity index (χ1) is 12.5. The largest absolute Gasteiger partial charge is 0.467 e. The van der Waals surface area contributed by atoms with Crippen molar-refractivity contribution in [2.24, 2.45) is 0 Å². The number of hydrogen-bond acceptors (Lipinski definition) is 4. The SMILES string of the molecule is O=C(NCC(c1ccco1)n1cccn1)C(=O)Nc1ccc(F)cc1F. The topological polar surface area (TPSA) is 89.2 Å². The van der Waals surface area contributed by atoms with E-state index in [0.29, 0.717) is 11.8 Å². The number of nitrogens with zero attached hydrogens (tertiary/aromatic N) is 2. The number of nitrogens with one attached hydrogen (secondary N) is 2. The van der Waals surface area contributed by atoms with Gasteiger partial charge in [0.05, 0.1) is 12.0 Å². The predicted molar refractivity (Wildman–Crippen MR) is 87.1 cm³/mol. The molecule has 0 aliphatic rings. The molecule has 0 spiro atoms. The Hall–Kier alpha value is -3.49. The third-order valence-electron chi connectivity index (χ3n) is 3.56. The summed E-state index contributed by atoms with van der Waals surface area (Å²) in [5.41, 5.74) is -0.291. The molecule has 0 saturated heterocycles. The number of amides is 2. The van der Waals surface area contributed by atoms with Crippen LogP contribution in [0.5, 0.6) is 0 Å². The highest BCUT2D eigenvalue weighted by molar-refractivity contribution is 6.39. The lowest BCUT2D eigenvalue weighted by Gasteiger charge is -2.16. The van der Waals surface area contributed by atoms with E-state index in [2.05, 4.69) is 15.7 Å². The Labute approximate surface area is 146 Å². The second-order valence-corrected chi connectivity index (χ2v) is 5.31. The quantitative estimate of drug-likeness (QED) is 0.682. The summed E-state index contributed by atoms with van der Waals surface area (Å²) in [6.07, 6.45) is 4.74. The van der Waals surface area contributed by atoms with Gasteiger partial charge in [-0.15, -0.1) is 0 Å². The number of halogens is 2. The van der Waals surface area contributed by atoms with Crippen LogP contribution in [0, 0.1) is 11.6 Å². The normalized spacial score (nSPS) is 11.8. The van der Waals surface area contributed by atoms with Gasteiger partial charge in [0.15, 0.2) is 0 Å². The lowest BCUT2D eigenvalue weighted by atomic mass is 10.2. The summed E-state index contributed by atoms with van der Waals surface area (Å²) in [4.78, 5) is 23.9. The molecule has 1 atom stereocenters. The van der Waals surface area contributed by atoms with E-state index >= 15 is 0 Å². The maximum Gasteiger partial charge on any atom is 0.313 e. The van der Waals surface area contributed by atoms with E-state index in [1.807, 2.05) is 0 Å². The standard InChI is InChI=1S/C17H14F2N4O3/c18-11-4-5-13(12(19)9-11)22-17(25)16(24)20-10-14(15-3-1-8-26-15)23-7-2-6-21-23/h1-9,14H,10H2,(H,20,24)(H,22,25). The molecule has 2 aromatic heterocycles. The van der Waals surface area contributed by atoms with Gasteiger partial charge < -0.3 is 15.1 Å². The van der Waals surface area contributed by atoms with Crippen LogP contribution in [-0.4, -0.2) is 28.1 Å². The van der Waals surface area contributed by atoms with Crippen molar-refractivity contribution in [1.29, 1.82) is 0 Å². The number of carbonyl (C=O) groups is 2. The molecule has 0 aliphatic carbocycles. The van der Waals surface area contributed by atoms with E-state index in [1.165, 1.54) is 6.26 Å². The zero-order valence-electron chi connectivity index (χ0n) is 13.4. The van der Waals surface area contributed by atoms with Crippen molar-refractivity contribution in [2.75, 3.05) is 11.9 Å². The van der Waals surface area contributed by atoms with Crippen molar-refractivity contribution < 1.29 is 22.8 Å². The average molecular weight is 360 g/mol. The van der Waals surface area contributed by atoms with Gasteiger partial charge in [0.1, 0.15) is 23.4 Å². The van der Waals surface area contributed by atoms with Crippen molar-refractivity contribution >= 4 is 17.5 Å². The average Bonchev–Trinajstić information content (AvgIpc) is 3.31. The smallest absolute Gasteiger partial charge is 0.313 e. The van der Waals surface area contributed by atoms with E-state index in [0.717, 1.165) is 12.1 Å². The predicted octanol–water partition coefficient (Wildman–Crippen LogP) is 2.10. The van der Waals surface area contributed by atoms with Crippen LogP contribution in [0.1, 0.15) is 11.8 Å². The molecule has 134 valence electrons. The lowest BCUT2D eigenvalue weighted by Crippen LogP contribution is -2.39. The molecule has 0 aliphatic heterocycles. The molecule has 0 bridgehead atoms. The Kier molecular flexibility index (Phi) is 5.07. The highest BCUT2D eigenvalue weighted by Gasteiger charge is 2.21. The maximum atomic E-state index is 13.5. The van der Waals surface area contributed by atoms with E-state index in [9.17, 15) is 18.4 Å². The molecular formula is C17H14F2N4O3. The maximum absolute atomic E-state index is 13.5. The molecule has 2 amide bonds. The van der Waals surface area contributed by atoms with Gasteiger partial charge in [-0.25, -0.2) is 8.78 Å². The molecule has 2 N–H and O–H groups in total. The van der Waals surface area contributed by atoms with E-state index < -0.39 is 29.5 Å². The highest BCUT2D eigenvalue weighted by atomic mass is 19.1. The molecule has 2 heterocycles. The molecule has 3 rings (SSSR count). The molecule has 7 nitrogen and oxygen atoms in total. The number of benzene rings is 1. The van der Waals surface area contributed by atoms with Crippen LogP contribution in [0.15, 0.2) is 59.5 Å². The van der Waals surface area contributed by atoms with Gasteiger partial charge in [-0.05, 0) is 30.3 Å². The fraction of sp³-hybridized carbons (Fsp3) is 0.118. The summed E-state index contributed by atoms with van der Waals surface area (Å²) in [5, 5.41) is 8.64. The Bertz CT molecular complexity index is 861. The van der Waals surface area contributed by atoms with Gasteiger partial charge in [-0.3, -0.25) is 14.3 Å². The summed E-state index contributed by atoms with van der Waals surface area (Å²) in [6.45, 7) is 0.0212. The first-order valence-corrected chi connectivity index (χ1v) is 7.61. The molecule has 3 aromatic rings. The van der Waals surface area contributed by atoms with Crippen LogP contribution in [-0.2, 0) is 9.59 Å². The van der Waals surface area contributed by atoms with Crippen LogP contribution in [0.4, 0.5) is 14.5 Å². The first-order valence-electron chi connectivity index (χ1n) is 7.61. The second kappa shape index (κ2) is 7.60. The second-order valence-electron chi connectivity index (χ2n) is 5.31. The third-order valence-corrected chi connectivity index (χ3v) is 3.56. The Morgan fingerprint density at radius 2 is 2.04 bits per heavy atom. The minimum Gasteiger partial charge on any atom is -0.467 e. The van der Waals surface area contributed by atoms with Crippen LogP contribution < -0.4 is 10.6 Å². The number of aromatic nitrogens is 2. The van der Waals surface area contributed by atoms with Gasteiger partial charge in [-0.1, -0.05) is 0 Å². The molecule has 0 fully saturated rings. The molecule has 1 aromatic carbocycles. The summed E-state index contributed by atoms with van der Waals surface area (Å²) in [5.74, 6) is -3.27. The van der Waals surface area contributed by atoms with Gasteiger partial charge in [-0.2, -0.15) is 5.10 Å². The zero-order chi connectivity index (χ0) is 18.5. The molecular weight excluding hydrogens is 346 g/mol. The van der Waals surface area contributed by atoms with Crippen molar-refractivity contribution in [3.63, 3.8) is 0 Å². The minimum atomic E-state index is -1.07. The molecule has 9 heteroatoms. The Balaban J connectivity index is 1.64. The number of hydrogen-bond donors (Lipinski definition) is 2. The van der Waals surface area contributed by atoms with Crippen LogP contribution in [0.3, 0.4) is 0 Å². The van der Waals surface area contributed by atoms with E-state index in [-0.39, 0.29) is 12.2 Å². The van der Waals surface area contributed by atoms with Gasteiger partial charge in [0, 0.05) is 25.0 Å². The van der Waals surface area contributed by atoms with E-state index in [4.69, 9.17) is 4.42 Å².